The fourth-order valence-corrected chi connectivity index (χ4v) is 0.563. The van der Waals surface area contributed by atoms with Gasteiger partial charge in [-0.15, -0.1) is 12.6 Å². The topological polar surface area (TPSA) is 21.4 Å². The molecule has 0 aromatic rings. The Bertz CT molecular complexity index is 127. The van der Waals surface area contributed by atoms with Gasteiger partial charge in [0.05, 0.1) is 6.42 Å². The maximum absolute atomic E-state index is 10.1. The van der Waals surface area contributed by atoms with E-state index in [1.807, 2.05) is 0 Å². The lowest BCUT2D eigenvalue weighted by Crippen LogP contribution is -1.99. The van der Waals surface area contributed by atoms with Gasteiger partial charge in [-0.05, 0) is 0 Å². The largest absolute Gasteiger partial charge is 0.313 e. The first-order valence-electron chi connectivity index (χ1n) is 2.25. The highest BCUT2D eigenvalue weighted by Gasteiger charge is 2.06. The molecule has 8 heavy (non-hydrogen) atoms. The second kappa shape index (κ2) is 3.50. The number of carbonyl (C=O) groups excluding carboxylic acids is 1. The molecule has 44 valence electrons. The molecule has 0 bridgehead atoms. The molecule has 0 fully saturated rings. The normalized spacial score (nSPS) is 12.1. The molecule has 0 aromatic heterocycles. The van der Waals surface area contributed by atoms with Crippen LogP contribution in [0.5, 0.6) is 0 Å². The second-order valence-corrected chi connectivity index (χ2v) is 2.07. The van der Waals surface area contributed by atoms with Gasteiger partial charge in [0.25, 0.3) is 0 Å². The minimum Gasteiger partial charge on any atom is -0.313 e. The summed E-state index contributed by atoms with van der Waals surface area (Å²) in [6.45, 7) is 8.14. The molecule has 0 unspecified atom stereocenters. The Morgan fingerprint density at radius 1 is 2.00 bits per heavy atom. The molecule has 2 nitrogen and oxygen atoms in total. The maximum Gasteiger partial charge on any atom is 0.228 e. The third-order valence-electron chi connectivity index (χ3n) is 0.690. The summed E-state index contributed by atoms with van der Waals surface area (Å²) < 4.78 is 0. The first kappa shape index (κ1) is 7.51. The second-order valence-electron chi connectivity index (χ2n) is 1.58. The van der Waals surface area contributed by atoms with E-state index in [0.717, 1.165) is 0 Å². The highest BCUT2D eigenvalue weighted by atomic mass is 32.1. The van der Waals surface area contributed by atoms with Crippen LogP contribution in [0.4, 0.5) is 0 Å². The van der Waals surface area contributed by atoms with Gasteiger partial charge >= 0.3 is 0 Å². The molecular weight excluding hydrogens is 122 g/mol. The van der Waals surface area contributed by atoms with Crippen LogP contribution < -0.4 is 0 Å². The number of nitrogens with zero attached hydrogens (tertiary/aromatic N) is 1. The van der Waals surface area contributed by atoms with E-state index >= 15 is 0 Å². The third-order valence-corrected chi connectivity index (χ3v) is 0.873. The van der Waals surface area contributed by atoms with Crippen molar-refractivity contribution < 1.29 is 4.79 Å². The molecule has 0 rings (SSSR count). The summed E-state index contributed by atoms with van der Waals surface area (Å²) in [6, 6.07) is -0.208. The van der Waals surface area contributed by atoms with Crippen LogP contribution in [0.15, 0.2) is 0 Å². The Morgan fingerprint density at radius 3 is 2.62 bits per heavy atom. The average Bonchev–Trinajstić information content (AvgIpc) is 1.65. The molecule has 0 aliphatic heterocycles. The smallest absolute Gasteiger partial charge is 0.228 e. The highest BCUT2D eigenvalue weighted by molar-refractivity contribution is 7.96. The van der Waals surface area contributed by atoms with Gasteiger partial charge in [-0.3, -0.25) is 4.79 Å². The molecule has 0 aliphatic rings. The van der Waals surface area contributed by atoms with E-state index < -0.39 is 0 Å². The molecule has 0 heterocycles. The van der Waals surface area contributed by atoms with Gasteiger partial charge in [-0.2, -0.15) is 0 Å². The van der Waals surface area contributed by atoms with Crippen LogP contribution in [0, 0.1) is 6.57 Å². The highest BCUT2D eigenvalue weighted by Crippen LogP contribution is 1.98. The Morgan fingerprint density at radius 2 is 2.50 bits per heavy atom. The molecule has 0 N–H and O–H groups in total. The van der Waals surface area contributed by atoms with Crippen LogP contribution in [-0.4, -0.2) is 11.2 Å². The molecule has 0 saturated heterocycles. The predicted octanol–water partition coefficient (Wildman–Crippen LogP) is 1.14. The Hall–Kier alpha value is -0.490. The molecule has 0 saturated carbocycles. The summed E-state index contributed by atoms with van der Waals surface area (Å²) in [5, 5.41) is -0.214. The molecule has 0 spiro atoms. The van der Waals surface area contributed by atoms with Gasteiger partial charge in [0.1, 0.15) is 0 Å². The summed E-state index contributed by atoms with van der Waals surface area (Å²) in [7, 11) is 0. The predicted molar refractivity (Wildman–Crippen MR) is 34.7 cm³/mol. The van der Waals surface area contributed by atoms with Crippen molar-refractivity contribution in [3.05, 3.63) is 11.4 Å². The summed E-state index contributed by atoms with van der Waals surface area (Å²) in [5.74, 6) is 0. The van der Waals surface area contributed by atoms with E-state index in [1.165, 1.54) is 0 Å². The standard InChI is InChI=1S/C5H7NOS/c1-4(6-2)3-5(7)8/h4H,3H2,1H3,(H,7,8)/t4-/m1/s1. The van der Waals surface area contributed by atoms with Crippen molar-refractivity contribution >= 4 is 17.7 Å². The number of hydrogen-bond donors (Lipinski definition) is 1. The van der Waals surface area contributed by atoms with Crippen molar-refractivity contribution in [2.24, 2.45) is 0 Å². The summed E-state index contributed by atoms with van der Waals surface area (Å²) in [4.78, 5) is 13.2. The van der Waals surface area contributed by atoms with Crippen molar-refractivity contribution in [2.45, 2.75) is 19.4 Å². The van der Waals surface area contributed by atoms with Gasteiger partial charge < -0.3 is 4.85 Å². The molecule has 0 radical (unpaired) electrons. The van der Waals surface area contributed by atoms with Crippen LogP contribution in [0.2, 0.25) is 0 Å². The zero-order valence-electron chi connectivity index (χ0n) is 4.59. The van der Waals surface area contributed by atoms with Gasteiger partial charge in [0.15, 0.2) is 5.12 Å². The lowest BCUT2D eigenvalue weighted by atomic mass is 10.3. The molecule has 3 heteroatoms. The van der Waals surface area contributed by atoms with E-state index in [0.29, 0.717) is 0 Å². The van der Waals surface area contributed by atoms with Crippen molar-refractivity contribution in [3.8, 4) is 0 Å². The van der Waals surface area contributed by atoms with Crippen molar-refractivity contribution in [2.75, 3.05) is 0 Å². The fraction of sp³-hybridized carbons (Fsp3) is 0.600. The monoisotopic (exact) mass is 129 g/mol. The minimum atomic E-state index is -0.214. The summed E-state index contributed by atoms with van der Waals surface area (Å²) in [6.07, 6.45) is 0.257. The molecule has 1 atom stereocenters. The van der Waals surface area contributed by atoms with Crippen molar-refractivity contribution in [3.63, 3.8) is 0 Å². The lowest BCUT2D eigenvalue weighted by Gasteiger charge is -1.89. The van der Waals surface area contributed by atoms with Gasteiger partial charge in [-0.1, -0.05) is 0 Å². The summed E-state index contributed by atoms with van der Waals surface area (Å²) in [5.41, 5.74) is 0. The zero-order chi connectivity index (χ0) is 6.57. The van der Waals surface area contributed by atoms with Crippen LogP contribution in [0.1, 0.15) is 13.3 Å². The Kier molecular flexibility index (Phi) is 3.29. The third kappa shape index (κ3) is 3.69. The molecule has 0 amide bonds. The lowest BCUT2D eigenvalue weighted by molar-refractivity contribution is -0.110. The zero-order valence-corrected chi connectivity index (χ0v) is 5.48. The number of thiol groups is 1. The van der Waals surface area contributed by atoms with E-state index in [2.05, 4.69) is 17.5 Å². The first-order chi connectivity index (χ1) is 3.66. The van der Waals surface area contributed by atoms with E-state index in [-0.39, 0.29) is 17.6 Å². The van der Waals surface area contributed by atoms with Gasteiger partial charge in [0, 0.05) is 6.92 Å². The first-order valence-corrected chi connectivity index (χ1v) is 2.70. The van der Waals surface area contributed by atoms with Crippen molar-refractivity contribution in [1.29, 1.82) is 0 Å². The van der Waals surface area contributed by atoms with Crippen LogP contribution in [0.25, 0.3) is 4.85 Å². The average molecular weight is 129 g/mol. The number of carbonyl (C=O) groups is 1. The SMILES string of the molecule is [C-]#[N+][C@H](C)CC(=O)S. The number of rotatable bonds is 2. The van der Waals surface area contributed by atoms with E-state index in [1.54, 1.807) is 6.92 Å². The number of hydrogen-bond acceptors (Lipinski definition) is 1. The molecular formula is C5H7NOS. The van der Waals surface area contributed by atoms with Gasteiger partial charge in [0.2, 0.25) is 6.04 Å². The van der Waals surface area contributed by atoms with E-state index in [9.17, 15) is 4.79 Å². The molecule has 0 aliphatic carbocycles. The fourth-order valence-electron chi connectivity index (χ4n) is 0.298. The van der Waals surface area contributed by atoms with Crippen LogP contribution in [-0.2, 0) is 4.79 Å². The van der Waals surface area contributed by atoms with Crippen molar-refractivity contribution in [1.82, 2.24) is 0 Å². The molecule has 0 aromatic carbocycles. The van der Waals surface area contributed by atoms with Crippen LogP contribution in [0.3, 0.4) is 0 Å². The van der Waals surface area contributed by atoms with Crippen LogP contribution >= 0.6 is 12.6 Å². The van der Waals surface area contributed by atoms with E-state index in [4.69, 9.17) is 6.57 Å². The minimum absolute atomic E-state index is 0.208. The quantitative estimate of drug-likeness (QED) is 0.438. The van der Waals surface area contributed by atoms with Gasteiger partial charge in [-0.25, -0.2) is 6.57 Å². The maximum atomic E-state index is 10.1. The summed E-state index contributed by atoms with van der Waals surface area (Å²) >= 11 is 3.51. The Balaban J connectivity index is 3.43. The Labute approximate surface area is 54.1 Å².